The van der Waals surface area contributed by atoms with Crippen molar-refractivity contribution in [2.24, 2.45) is 5.92 Å². The molecule has 0 radical (unpaired) electrons. The second-order valence-electron chi connectivity index (χ2n) is 4.33. The van der Waals surface area contributed by atoms with Crippen LogP contribution in [0.1, 0.15) is 39.3 Å². The van der Waals surface area contributed by atoms with Crippen LogP contribution >= 0.6 is 31.9 Å². The smallest absolute Gasteiger partial charge is 0.0684 e. The minimum Gasteiger partial charge on any atom is -0.308 e. The molecule has 0 saturated carbocycles. The molecule has 0 aliphatic rings. The first-order valence-corrected chi connectivity index (χ1v) is 7.70. The maximum absolute atomic E-state index is 4.40. The lowest BCUT2D eigenvalue weighted by atomic mass is 9.95. The number of aromatic nitrogens is 1. The number of pyridine rings is 1. The van der Waals surface area contributed by atoms with Crippen LogP contribution in [0.15, 0.2) is 21.2 Å². The Kier molecular flexibility index (Phi) is 6.67. The second kappa shape index (κ2) is 7.49. The van der Waals surface area contributed by atoms with E-state index >= 15 is 0 Å². The van der Waals surface area contributed by atoms with Crippen molar-refractivity contribution >= 4 is 31.9 Å². The maximum Gasteiger partial charge on any atom is 0.0684 e. The van der Waals surface area contributed by atoms with Crippen molar-refractivity contribution in [3.63, 3.8) is 0 Å². The largest absolute Gasteiger partial charge is 0.308 e. The zero-order valence-corrected chi connectivity index (χ0v) is 13.8. The van der Waals surface area contributed by atoms with Crippen molar-refractivity contribution < 1.29 is 0 Å². The summed E-state index contributed by atoms with van der Waals surface area (Å²) < 4.78 is 2.05. The van der Waals surface area contributed by atoms with E-state index in [1.807, 2.05) is 12.3 Å². The molecule has 0 fully saturated rings. The van der Waals surface area contributed by atoms with Crippen molar-refractivity contribution in [2.75, 3.05) is 0 Å². The molecular weight excluding hydrogens is 344 g/mol. The van der Waals surface area contributed by atoms with E-state index in [1.165, 1.54) is 12.8 Å². The van der Waals surface area contributed by atoms with Gasteiger partial charge >= 0.3 is 0 Å². The molecule has 4 heteroatoms. The molecule has 0 aliphatic carbocycles. The minimum absolute atomic E-state index is 0.530. The first-order chi connectivity index (χ1) is 8.08. The molecule has 1 heterocycles. The van der Waals surface area contributed by atoms with Gasteiger partial charge in [0, 0.05) is 27.7 Å². The van der Waals surface area contributed by atoms with E-state index in [2.05, 4.69) is 62.9 Å². The minimum atomic E-state index is 0.530. The summed E-state index contributed by atoms with van der Waals surface area (Å²) in [6, 6.07) is 2.56. The average molecular weight is 364 g/mol. The average Bonchev–Trinajstić information content (AvgIpc) is 2.29. The quantitative estimate of drug-likeness (QED) is 0.803. The van der Waals surface area contributed by atoms with Crippen molar-refractivity contribution in [3.05, 3.63) is 26.9 Å². The van der Waals surface area contributed by atoms with Crippen LogP contribution < -0.4 is 5.32 Å². The van der Waals surface area contributed by atoms with E-state index in [4.69, 9.17) is 0 Å². The van der Waals surface area contributed by atoms with Crippen molar-refractivity contribution in [3.8, 4) is 0 Å². The van der Waals surface area contributed by atoms with E-state index in [0.717, 1.165) is 27.1 Å². The lowest BCUT2D eigenvalue weighted by Crippen LogP contribution is -2.32. The summed E-state index contributed by atoms with van der Waals surface area (Å²) in [5.41, 5.74) is 1.06. The Morgan fingerprint density at radius 3 is 2.47 bits per heavy atom. The second-order valence-corrected chi connectivity index (χ2v) is 6.10. The molecule has 0 aromatic carbocycles. The fraction of sp³-hybridized carbons (Fsp3) is 0.615. The highest BCUT2D eigenvalue weighted by atomic mass is 79.9. The Balaban J connectivity index is 2.55. The Morgan fingerprint density at radius 2 is 1.94 bits per heavy atom. The van der Waals surface area contributed by atoms with Crippen LogP contribution in [0.2, 0.25) is 0 Å². The number of nitrogens with one attached hydrogen (secondary N) is 1. The highest BCUT2D eigenvalue weighted by Gasteiger charge is 2.13. The van der Waals surface area contributed by atoms with Crippen molar-refractivity contribution in [1.82, 2.24) is 10.3 Å². The van der Waals surface area contributed by atoms with Gasteiger partial charge in [-0.25, -0.2) is 0 Å². The standard InChI is InChI=1S/C13H20Br2N2/c1-4-10(5-2)9(3)16-8-13-12(15)6-11(14)7-17-13/h6-7,9-10,16H,4-5,8H2,1-3H3. The summed E-state index contributed by atoms with van der Waals surface area (Å²) in [6.07, 6.45) is 4.28. The van der Waals surface area contributed by atoms with Crippen LogP contribution in [0.3, 0.4) is 0 Å². The summed E-state index contributed by atoms with van der Waals surface area (Å²) in [4.78, 5) is 4.40. The number of hydrogen-bond donors (Lipinski definition) is 1. The third kappa shape index (κ3) is 4.68. The summed E-state index contributed by atoms with van der Waals surface area (Å²) in [5, 5.41) is 3.55. The van der Waals surface area contributed by atoms with Gasteiger partial charge < -0.3 is 5.32 Å². The van der Waals surface area contributed by atoms with Crippen LogP contribution in [0.5, 0.6) is 0 Å². The van der Waals surface area contributed by atoms with Crippen LogP contribution in [0.25, 0.3) is 0 Å². The highest BCUT2D eigenvalue weighted by Crippen LogP contribution is 2.20. The van der Waals surface area contributed by atoms with E-state index in [0.29, 0.717) is 6.04 Å². The van der Waals surface area contributed by atoms with Crippen LogP contribution in [-0.2, 0) is 6.54 Å². The topological polar surface area (TPSA) is 24.9 Å². The third-order valence-electron chi connectivity index (χ3n) is 3.23. The fourth-order valence-electron chi connectivity index (χ4n) is 1.99. The van der Waals surface area contributed by atoms with E-state index in [-0.39, 0.29) is 0 Å². The molecule has 1 unspecified atom stereocenters. The molecule has 0 amide bonds. The van der Waals surface area contributed by atoms with Crippen LogP contribution in [0.4, 0.5) is 0 Å². The Hall–Kier alpha value is 0.0700. The Labute approximate surface area is 121 Å². The fourth-order valence-corrected chi connectivity index (χ4v) is 3.12. The van der Waals surface area contributed by atoms with E-state index in [9.17, 15) is 0 Å². The molecular formula is C13H20Br2N2. The molecule has 0 saturated heterocycles. The van der Waals surface area contributed by atoms with Gasteiger partial charge in [-0.3, -0.25) is 4.98 Å². The third-order valence-corrected chi connectivity index (χ3v) is 4.35. The normalized spacial score (nSPS) is 13.1. The number of rotatable bonds is 6. The van der Waals surface area contributed by atoms with Gasteiger partial charge in [0.05, 0.1) is 5.69 Å². The van der Waals surface area contributed by atoms with Crippen LogP contribution in [-0.4, -0.2) is 11.0 Å². The SMILES string of the molecule is CCC(CC)C(C)NCc1ncc(Br)cc1Br. The Morgan fingerprint density at radius 1 is 1.29 bits per heavy atom. The molecule has 17 heavy (non-hydrogen) atoms. The van der Waals surface area contributed by atoms with Gasteiger partial charge in [0.1, 0.15) is 0 Å². The van der Waals surface area contributed by atoms with E-state index < -0.39 is 0 Å². The first kappa shape index (κ1) is 15.1. The lowest BCUT2D eigenvalue weighted by molar-refractivity contribution is 0.351. The summed E-state index contributed by atoms with van der Waals surface area (Å²) in [6.45, 7) is 7.57. The van der Waals surface area contributed by atoms with E-state index in [1.54, 1.807) is 0 Å². The van der Waals surface area contributed by atoms with Gasteiger partial charge in [0.15, 0.2) is 0 Å². The monoisotopic (exact) mass is 362 g/mol. The molecule has 0 spiro atoms. The predicted molar refractivity (Wildman–Crippen MR) is 80.0 cm³/mol. The predicted octanol–water partition coefficient (Wildman–Crippen LogP) is 4.52. The number of halogens is 2. The van der Waals surface area contributed by atoms with Crippen molar-refractivity contribution in [1.29, 1.82) is 0 Å². The molecule has 1 aromatic heterocycles. The summed E-state index contributed by atoms with van der Waals surface area (Å²) >= 11 is 6.94. The van der Waals surface area contributed by atoms with Crippen LogP contribution in [0, 0.1) is 5.92 Å². The zero-order valence-electron chi connectivity index (χ0n) is 10.6. The van der Waals surface area contributed by atoms with Crippen molar-refractivity contribution in [2.45, 2.75) is 46.2 Å². The number of hydrogen-bond acceptors (Lipinski definition) is 2. The zero-order chi connectivity index (χ0) is 12.8. The van der Waals surface area contributed by atoms with Gasteiger partial charge in [-0.05, 0) is 50.8 Å². The number of nitrogens with zero attached hydrogens (tertiary/aromatic N) is 1. The molecule has 1 rings (SSSR count). The molecule has 96 valence electrons. The summed E-state index contributed by atoms with van der Waals surface area (Å²) in [5.74, 6) is 0.740. The molecule has 2 nitrogen and oxygen atoms in total. The summed E-state index contributed by atoms with van der Waals surface area (Å²) in [7, 11) is 0. The van der Waals surface area contributed by atoms with Gasteiger partial charge in [-0.2, -0.15) is 0 Å². The first-order valence-electron chi connectivity index (χ1n) is 6.11. The highest BCUT2D eigenvalue weighted by molar-refractivity contribution is 9.11. The molecule has 1 aromatic rings. The Bertz CT molecular complexity index is 351. The molecule has 0 bridgehead atoms. The maximum atomic E-state index is 4.40. The van der Waals surface area contributed by atoms with Gasteiger partial charge in [-0.15, -0.1) is 0 Å². The molecule has 1 N–H and O–H groups in total. The lowest BCUT2D eigenvalue weighted by Gasteiger charge is -2.22. The van der Waals surface area contributed by atoms with Gasteiger partial charge in [0.25, 0.3) is 0 Å². The molecule has 0 aliphatic heterocycles. The van der Waals surface area contributed by atoms with Gasteiger partial charge in [-0.1, -0.05) is 26.7 Å². The van der Waals surface area contributed by atoms with Gasteiger partial charge in [0.2, 0.25) is 0 Å². The molecule has 1 atom stereocenters.